The van der Waals surface area contributed by atoms with Crippen LogP contribution < -0.4 is 9.47 Å². The van der Waals surface area contributed by atoms with Gasteiger partial charge in [0.2, 0.25) is 0 Å². The third-order valence-electron chi connectivity index (χ3n) is 5.40. The number of methoxy groups -OCH3 is 2. The maximum Gasteiger partial charge on any atom is 0.296 e. The molecular formula is C23H22N2O5. The Kier molecular flexibility index (Phi) is 4.95. The van der Waals surface area contributed by atoms with Crippen molar-refractivity contribution >= 4 is 28.3 Å². The number of hydrogen-bond acceptors (Lipinski definition) is 5. The van der Waals surface area contributed by atoms with Crippen molar-refractivity contribution in [3.05, 3.63) is 65.5 Å². The SMILES string of the molecule is COc1ccc(C2=C(O)C(=O)N(CCc3cn(C)c4ccccc34)C2=O)cc1OC. The summed E-state index contributed by atoms with van der Waals surface area (Å²) in [5, 5.41) is 11.5. The summed E-state index contributed by atoms with van der Waals surface area (Å²) in [5.41, 5.74) is 2.49. The molecule has 0 spiro atoms. The molecule has 0 bridgehead atoms. The predicted octanol–water partition coefficient (Wildman–Crippen LogP) is 3.08. The molecule has 7 nitrogen and oxygen atoms in total. The number of aromatic nitrogens is 1. The average molecular weight is 406 g/mol. The van der Waals surface area contributed by atoms with E-state index in [4.69, 9.17) is 9.47 Å². The maximum atomic E-state index is 13.0. The Hall–Kier alpha value is -3.74. The first kappa shape index (κ1) is 19.6. The summed E-state index contributed by atoms with van der Waals surface area (Å²) < 4.78 is 12.5. The molecule has 0 saturated heterocycles. The van der Waals surface area contributed by atoms with Crippen LogP contribution in [-0.2, 0) is 23.1 Å². The second kappa shape index (κ2) is 7.59. The van der Waals surface area contributed by atoms with Crippen molar-refractivity contribution in [3.8, 4) is 11.5 Å². The molecule has 1 aliphatic rings. The highest BCUT2D eigenvalue weighted by atomic mass is 16.5. The molecule has 1 aliphatic heterocycles. The average Bonchev–Trinajstić information content (AvgIpc) is 3.19. The number of aryl methyl sites for hydroxylation is 1. The molecule has 1 aromatic heterocycles. The van der Waals surface area contributed by atoms with Crippen LogP contribution in [-0.4, -0.2) is 47.2 Å². The lowest BCUT2D eigenvalue weighted by molar-refractivity contribution is -0.138. The Morgan fingerprint density at radius 3 is 2.43 bits per heavy atom. The molecule has 0 unspecified atom stereocenters. The van der Waals surface area contributed by atoms with Gasteiger partial charge in [0.1, 0.15) is 0 Å². The van der Waals surface area contributed by atoms with Gasteiger partial charge < -0.3 is 19.1 Å². The highest BCUT2D eigenvalue weighted by Gasteiger charge is 2.39. The second-order valence-electron chi connectivity index (χ2n) is 7.09. The number of nitrogens with zero attached hydrogens (tertiary/aromatic N) is 2. The number of fused-ring (bicyclic) bond motifs is 1. The summed E-state index contributed by atoms with van der Waals surface area (Å²) >= 11 is 0. The van der Waals surface area contributed by atoms with Gasteiger partial charge in [0.25, 0.3) is 11.8 Å². The van der Waals surface area contributed by atoms with Gasteiger partial charge in [-0.1, -0.05) is 24.3 Å². The Labute approximate surface area is 173 Å². The van der Waals surface area contributed by atoms with Crippen LogP contribution in [0.15, 0.2) is 54.4 Å². The van der Waals surface area contributed by atoms with Gasteiger partial charge in [-0.3, -0.25) is 14.5 Å². The molecule has 0 aliphatic carbocycles. The second-order valence-corrected chi connectivity index (χ2v) is 7.09. The molecule has 30 heavy (non-hydrogen) atoms. The van der Waals surface area contributed by atoms with E-state index < -0.39 is 17.6 Å². The number of hydrogen-bond donors (Lipinski definition) is 1. The largest absolute Gasteiger partial charge is 0.502 e. The van der Waals surface area contributed by atoms with E-state index in [1.165, 1.54) is 14.2 Å². The van der Waals surface area contributed by atoms with Gasteiger partial charge in [0, 0.05) is 30.7 Å². The Morgan fingerprint density at radius 1 is 0.967 bits per heavy atom. The van der Waals surface area contributed by atoms with Crippen molar-refractivity contribution in [3.63, 3.8) is 0 Å². The Morgan fingerprint density at radius 2 is 1.70 bits per heavy atom. The number of rotatable bonds is 6. The number of carbonyl (C=O) groups excluding carboxylic acids is 2. The Balaban J connectivity index is 1.59. The molecule has 154 valence electrons. The summed E-state index contributed by atoms with van der Waals surface area (Å²) in [6, 6.07) is 12.8. The van der Waals surface area contributed by atoms with E-state index in [2.05, 4.69) is 0 Å². The third kappa shape index (κ3) is 3.08. The topological polar surface area (TPSA) is 81.0 Å². The zero-order chi connectivity index (χ0) is 21.4. The van der Waals surface area contributed by atoms with Crippen molar-refractivity contribution in [2.45, 2.75) is 6.42 Å². The molecule has 2 aromatic carbocycles. The molecule has 0 saturated carbocycles. The van der Waals surface area contributed by atoms with Crippen LogP contribution in [0.3, 0.4) is 0 Å². The van der Waals surface area contributed by atoms with Crippen molar-refractivity contribution in [1.82, 2.24) is 9.47 Å². The van der Waals surface area contributed by atoms with Gasteiger partial charge in [0.15, 0.2) is 17.3 Å². The summed E-state index contributed by atoms with van der Waals surface area (Å²) in [4.78, 5) is 26.7. The fraction of sp³-hybridized carbons (Fsp3) is 0.217. The molecule has 2 heterocycles. The normalized spacial score (nSPS) is 14.2. The summed E-state index contributed by atoms with van der Waals surface area (Å²) in [5.74, 6) is -0.865. The van der Waals surface area contributed by atoms with Gasteiger partial charge in [-0.25, -0.2) is 0 Å². The van der Waals surface area contributed by atoms with E-state index in [1.54, 1.807) is 18.2 Å². The monoisotopic (exact) mass is 406 g/mol. The van der Waals surface area contributed by atoms with Gasteiger partial charge in [-0.2, -0.15) is 0 Å². The number of ether oxygens (including phenoxy) is 2. The molecule has 3 aromatic rings. The van der Waals surface area contributed by atoms with E-state index in [1.807, 2.05) is 42.1 Å². The van der Waals surface area contributed by atoms with E-state index in [0.717, 1.165) is 21.4 Å². The highest BCUT2D eigenvalue weighted by Crippen LogP contribution is 2.34. The van der Waals surface area contributed by atoms with Crippen LogP contribution in [0, 0.1) is 0 Å². The van der Waals surface area contributed by atoms with Crippen LogP contribution in [0.5, 0.6) is 11.5 Å². The molecule has 1 N–H and O–H groups in total. The van der Waals surface area contributed by atoms with Gasteiger partial charge in [-0.15, -0.1) is 0 Å². The van der Waals surface area contributed by atoms with Gasteiger partial charge in [-0.05, 0) is 35.7 Å². The number of aliphatic hydroxyl groups excluding tert-OH is 1. The number of para-hydroxylation sites is 1. The molecule has 0 radical (unpaired) electrons. The third-order valence-corrected chi connectivity index (χ3v) is 5.40. The van der Waals surface area contributed by atoms with Crippen molar-refractivity contribution < 1.29 is 24.2 Å². The molecule has 0 atom stereocenters. The standard InChI is InChI=1S/C23H22N2O5/c1-24-13-15(16-6-4-5-7-17(16)24)10-11-25-22(27)20(21(26)23(25)28)14-8-9-18(29-2)19(12-14)30-3/h4-9,12-13,26H,10-11H2,1-3H3. The smallest absolute Gasteiger partial charge is 0.296 e. The summed E-state index contributed by atoms with van der Waals surface area (Å²) in [6.07, 6.45) is 2.49. The van der Waals surface area contributed by atoms with Crippen molar-refractivity contribution in [2.24, 2.45) is 7.05 Å². The lowest BCUT2D eigenvalue weighted by atomic mass is 10.0. The first-order valence-electron chi connectivity index (χ1n) is 9.51. The van der Waals surface area contributed by atoms with Crippen LogP contribution in [0.2, 0.25) is 0 Å². The fourth-order valence-corrected chi connectivity index (χ4v) is 3.88. The quantitative estimate of drug-likeness (QED) is 0.637. The zero-order valence-corrected chi connectivity index (χ0v) is 17.0. The van der Waals surface area contributed by atoms with Crippen LogP contribution >= 0.6 is 0 Å². The molecule has 0 fully saturated rings. The lowest BCUT2D eigenvalue weighted by Crippen LogP contribution is -2.33. The zero-order valence-electron chi connectivity index (χ0n) is 17.0. The van der Waals surface area contributed by atoms with Crippen LogP contribution in [0.25, 0.3) is 16.5 Å². The number of aliphatic hydroxyl groups is 1. The van der Waals surface area contributed by atoms with Gasteiger partial charge in [0.05, 0.1) is 19.8 Å². The first-order valence-corrected chi connectivity index (χ1v) is 9.51. The number of imide groups is 1. The van der Waals surface area contributed by atoms with Crippen LogP contribution in [0.1, 0.15) is 11.1 Å². The molecular weight excluding hydrogens is 384 g/mol. The predicted molar refractivity (Wildman–Crippen MR) is 112 cm³/mol. The summed E-state index contributed by atoms with van der Waals surface area (Å²) in [7, 11) is 4.95. The lowest BCUT2D eigenvalue weighted by Gasteiger charge is -2.14. The first-order chi connectivity index (χ1) is 14.5. The minimum absolute atomic E-state index is 0.0288. The van der Waals surface area contributed by atoms with E-state index in [-0.39, 0.29) is 12.1 Å². The van der Waals surface area contributed by atoms with Crippen molar-refractivity contribution in [2.75, 3.05) is 20.8 Å². The Bertz CT molecular complexity index is 1190. The van der Waals surface area contributed by atoms with Gasteiger partial charge >= 0.3 is 0 Å². The minimum atomic E-state index is -0.690. The number of amides is 2. The van der Waals surface area contributed by atoms with E-state index in [0.29, 0.717) is 23.5 Å². The number of benzene rings is 2. The number of carbonyl (C=O) groups is 2. The summed E-state index contributed by atoms with van der Waals surface area (Å²) in [6.45, 7) is 0.173. The molecule has 7 heteroatoms. The maximum absolute atomic E-state index is 13.0. The van der Waals surface area contributed by atoms with E-state index in [9.17, 15) is 14.7 Å². The van der Waals surface area contributed by atoms with Crippen molar-refractivity contribution in [1.29, 1.82) is 0 Å². The fourth-order valence-electron chi connectivity index (χ4n) is 3.88. The highest BCUT2D eigenvalue weighted by molar-refractivity contribution is 6.34. The molecule has 4 rings (SSSR count). The van der Waals surface area contributed by atoms with E-state index >= 15 is 0 Å². The minimum Gasteiger partial charge on any atom is -0.502 e. The molecule has 2 amide bonds. The van der Waals surface area contributed by atoms with Crippen LogP contribution in [0.4, 0.5) is 0 Å².